The van der Waals surface area contributed by atoms with Crippen LogP contribution in [0, 0.1) is 5.92 Å². The number of carbonyl (C=O) groups excluding carboxylic acids is 1. The first kappa shape index (κ1) is 14.7. The summed E-state index contributed by atoms with van der Waals surface area (Å²) >= 11 is 0. The van der Waals surface area contributed by atoms with Crippen LogP contribution in [-0.2, 0) is 9.53 Å². The zero-order valence-corrected chi connectivity index (χ0v) is 13.5. The molecule has 124 valence electrons. The Hall–Kier alpha value is -2.83. The van der Waals surface area contributed by atoms with Crippen LogP contribution in [-0.4, -0.2) is 39.9 Å². The fraction of sp³-hybridized carbons (Fsp3) is 0.353. The summed E-state index contributed by atoms with van der Waals surface area (Å²) in [5.41, 5.74) is 2.61. The van der Waals surface area contributed by atoms with Gasteiger partial charge >= 0.3 is 5.97 Å². The molecular formula is C17H18N4O3. The number of fused-ring (bicyclic) bond motifs is 1. The van der Waals surface area contributed by atoms with E-state index < -0.39 is 0 Å². The van der Waals surface area contributed by atoms with Gasteiger partial charge in [-0.3, -0.25) is 9.48 Å². The molecule has 7 heteroatoms. The molecule has 1 fully saturated rings. The second-order valence-corrected chi connectivity index (χ2v) is 5.95. The van der Waals surface area contributed by atoms with Gasteiger partial charge in [-0.15, -0.1) is 0 Å². The predicted molar refractivity (Wildman–Crippen MR) is 87.6 cm³/mol. The number of aromatic nitrogens is 4. The van der Waals surface area contributed by atoms with E-state index in [1.54, 1.807) is 13.3 Å². The largest absolute Gasteiger partial charge is 0.494 e. The van der Waals surface area contributed by atoms with E-state index in [1.807, 2.05) is 28.9 Å². The second kappa shape index (κ2) is 5.67. The highest BCUT2D eigenvalue weighted by Crippen LogP contribution is 2.40. The highest BCUT2D eigenvalue weighted by molar-refractivity contribution is 5.84. The van der Waals surface area contributed by atoms with Crippen LogP contribution < -0.4 is 4.74 Å². The Labute approximate surface area is 138 Å². The number of H-pyrrole nitrogens is 1. The van der Waals surface area contributed by atoms with E-state index in [-0.39, 0.29) is 17.9 Å². The lowest BCUT2D eigenvalue weighted by molar-refractivity contribution is -0.149. The van der Waals surface area contributed by atoms with Gasteiger partial charge < -0.3 is 14.5 Å². The molecule has 1 aliphatic carbocycles. The van der Waals surface area contributed by atoms with Gasteiger partial charge in [-0.05, 0) is 31.0 Å². The Kier molecular flexibility index (Phi) is 3.48. The number of benzene rings is 1. The summed E-state index contributed by atoms with van der Waals surface area (Å²) in [6.45, 7) is 0. The van der Waals surface area contributed by atoms with E-state index >= 15 is 0 Å². The molecule has 1 saturated carbocycles. The number of esters is 1. The molecule has 7 nitrogen and oxygen atoms in total. The Balaban J connectivity index is 1.65. The number of rotatable bonds is 4. The van der Waals surface area contributed by atoms with Gasteiger partial charge in [-0.1, -0.05) is 6.07 Å². The Morgan fingerprint density at radius 1 is 1.29 bits per heavy atom. The van der Waals surface area contributed by atoms with E-state index in [9.17, 15) is 4.79 Å². The molecule has 2 heterocycles. The van der Waals surface area contributed by atoms with E-state index in [2.05, 4.69) is 15.1 Å². The quantitative estimate of drug-likeness (QED) is 0.745. The van der Waals surface area contributed by atoms with Crippen molar-refractivity contribution in [1.29, 1.82) is 0 Å². The summed E-state index contributed by atoms with van der Waals surface area (Å²) in [7, 11) is 3.06. The van der Waals surface area contributed by atoms with E-state index in [1.165, 1.54) is 7.11 Å². The fourth-order valence-electron chi connectivity index (χ4n) is 3.23. The number of ether oxygens (including phenoxy) is 2. The van der Waals surface area contributed by atoms with Crippen LogP contribution in [0.1, 0.15) is 18.9 Å². The Bertz CT molecular complexity index is 892. The molecule has 0 amide bonds. The molecule has 0 atom stereocenters. The van der Waals surface area contributed by atoms with Crippen LogP contribution in [0.25, 0.3) is 22.6 Å². The smallest absolute Gasteiger partial charge is 0.308 e. The zero-order valence-electron chi connectivity index (χ0n) is 13.5. The minimum Gasteiger partial charge on any atom is -0.494 e. The standard InChI is InChI=1S/C17H18N4O3/c1-23-14-5-3-4-12-15(14)20-16(19-12)13-6-7-18-21(13)11-8-10(9-11)17(22)24-2/h3-7,10-11H,8-9H2,1-2H3,(H,19,20). The van der Waals surface area contributed by atoms with Gasteiger partial charge in [-0.2, -0.15) is 5.10 Å². The molecule has 0 saturated heterocycles. The summed E-state index contributed by atoms with van der Waals surface area (Å²) in [5.74, 6) is 1.30. The molecule has 1 aromatic carbocycles. The maximum Gasteiger partial charge on any atom is 0.308 e. The number of para-hydroxylation sites is 1. The highest BCUT2D eigenvalue weighted by Gasteiger charge is 2.38. The minimum atomic E-state index is -0.145. The molecule has 0 bridgehead atoms. The van der Waals surface area contributed by atoms with Crippen molar-refractivity contribution in [2.24, 2.45) is 5.92 Å². The zero-order chi connectivity index (χ0) is 16.7. The molecule has 3 aromatic rings. The summed E-state index contributed by atoms with van der Waals surface area (Å²) < 4.78 is 12.1. The average Bonchev–Trinajstić information content (AvgIpc) is 3.18. The molecule has 4 rings (SSSR count). The maximum absolute atomic E-state index is 11.6. The van der Waals surface area contributed by atoms with Gasteiger partial charge in [0, 0.05) is 6.20 Å². The van der Waals surface area contributed by atoms with Crippen molar-refractivity contribution in [3.05, 3.63) is 30.5 Å². The number of imidazole rings is 1. The number of hydrogen-bond acceptors (Lipinski definition) is 5. The van der Waals surface area contributed by atoms with Crippen molar-refractivity contribution >= 4 is 17.0 Å². The normalized spacial score (nSPS) is 19.9. The van der Waals surface area contributed by atoms with Crippen LogP contribution >= 0.6 is 0 Å². The van der Waals surface area contributed by atoms with Crippen molar-refractivity contribution in [1.82, 2.24) is 19.7 Å². The van der Waals surface area contributed by atoms with Crippen molar-refractivity contribution in [2.45, 2.75) is 18.9 Å². The molecule has 2 aromatic heterocycles. The third-order valence-electron chi connectivity index (χ3n) is 4.60. The summed E-state index contributed by atoms with van der Waals surface area (Å²) in [6.07, 6.45) is 3.24. The topological polar surface area (TPSA) is 82.0 Å². The number of hydrogen-bond donors (Lipinski definition) is 1. The SMILES string of the molecule is COC(=O)C1CC(n2nccc2-c2nc3c(OC)cccc3[nH]2)C1. The molecule has 0 radical (unpaired) electrons. The Morgan fingerprint density at radius 2 is 2.12 bits per heavy atom. The van der Waals surface area contributed by atoms with Gasteiger partial charge in [0.15, 0.2) is 5.82 Å². The third-order valence-corrected chi connectivity index (χ3v) is 4.60. The monoisotopic (exact) mass is 326 g/mol. The number of aromatic amines is 1. The molecular weight excluding hydrogens is 308 g/mol. The van der Waals surface area contributed by atoms with Crippen molar-refractivity contribution in [3.8, 4) is 17.3 Å². The molecule has 1 N–H and O–H groups in total. The van der Waals surface area contributed by atoms with Gasteiger partial charge in [0.25, 0.3) is 0 Å². The minimum absolute atomic E-state index is 0.0344. The van der Waals surface area contributed by atoms with Crippen LogP contribution in [0.2, 0.25) is 0 Å². The van der Waals surface area contributed by atoms with E-state index in [0.29, 0.717) is 0 Å². The van der Waals surface area contributed by atoms with E-state index in [0.717, 1.165) is 41.1 Å². The van der Waals surface area contributed by atoms with E-state index in [4.69, 9.17) is 9.47 Å². The lowest BCUT2D eigenvalue weighted by Gasteiger charge is -2.34. The molecule has 1 aliphatic rings. The summed E-state index contributed by atoms with van der Waals surface area (Å²) in [5, 5.41) is 4.42. The van der Waals surface area contributed by atoms with Gasteiger partial charge in [0.2, 0.25) is 0 Å². The van der Waals surface area contributed by atoms with Crippen molar-refractivity contribution in [2.75, 3.05) is 14.2 Å². The Morgan fingerprint density at radius 3 is 2.88 bits per heavy atom. The predicted octanol–water partition coefficient (Wildman–Crippen LogP) is 2.56. The summed E-state index contributed by atoms with van der Waals surface area (Å²) in [6, 6.07) is 7.89. The maximum atomic E-state index is 11.6. The van der Waals surface area contributed by atoms with Gasteiger partial charge in [0.05, 0.1) is 31.7 Å². The van der Waals surface area contributed by atoms with Gasteiger partial charge in [0.1, 0.15) is 17.0 Å². The average molecular weight is 326 g/mol. The number of methoxy groups -OCH3 is 2. The first-order chi connectivity index (χ1) is 11.7. The van der Waals surface area contributed by atoms with Crippen LogP contribution in [0.4, 0.5) is 0 Å². The van der Waals surface area contributed by atoms with Crippen molar-refractivity contribution in [3.63, 3.8) is 0 Å². The molecule has 0 spiro atoms. The third kappa shape index (κ3) is 2.24. The van der Waals surface area contributed by atoms with Crippen LogP contribution in [0.5, 0.6) is 5.75 Å². The number of nitrogens with one attached hydrogen (secondary N) is 1. The first-order valence-corrected chi connectivity index (χ1v) is 7.85. The summed E-state index contributed by atoms with van der Waals surface area (Å²) in [4.78, 5) is 19.6. The lowest BCUT2D eigenvalue weighted by atomic mass is 9.80. The van der Waals surface area contributed by atoms with Crippen LogP contribution in [0.15, 0.2) is 30.5 Å². The lowest BCUT2D eigenvalue weighted by Crippen LogP contribution is -2.33. The second-order valence-electron chi connectivity index (χ2n) is 5.95. The highest BCUT2D eigenvalue weighted by atomic mass is 16.5. The number of carbonyl (C=O) groups is 1. The molecule has 24 heavy (non-hydrogen) atoms. The number of nitrogens with zero attached hydrogens (tertiary/aromatic N) is 3. The molecule has 0 unspecified atom stereocenters. The van der Waals surface area contributed by atoms with Crippen LogP contribution in [0.3, 0.4) is 0 Å². The fourth-order valence-corrected chi connectivity index (χ4v) is 3.23. The van der Waals surface area contributed by atoms with Crippen molar-refractivity contribution < 1.29 is 14.3 Å². The van der Waals surface area contributed by atoms with Gasteiger partial charge in [-0.25, -0.2) is 4.98 Å². The first-order valence-electron chi connectivity index (χ1n) is 7.85. The molecule has 0 aliphatic heterocycles.